The molecule has 0 fully saturated rings. The fraction of sp³-hybridized carbons (Fsp3) is 0.118. The summed E-state index contributed by atoms with van der Waals surface area (Å²) in [6.45, 7) is -0.205. The number of nitrogens with zero attached hydrogens (tertiary/aromatic N) is 1. The van der Waals surface area contributed by atoms with Crippen LogP contribution in [-0.4, -0.2) is 28.7 Å². The van der Waals surface area contributed by atoms with Crippen LogP contribution in [0.3, 0.4) is 0 Å². The standard InChI is InChI=1S/C17H13Cl2N3O3/c18-11-6-5-10(13(19)7-11)8-20-15(23)9-25-17(24)16-12-3-1-2-4-14(12)21-22-16/h1-7H,8-9H2,(H,20,23)(H,21,22). The summed E-state index contributed by atoms with van der Waals surface area (Å²) < 4.78 is 5.01. The van der Waals surface area contributed by atoms with E-state index in [0.717, 1.165) is 5.52 Å². The fourth-order valence-electron chi connectivity index (χ4n) is 2.23. The Hall–Kier alpha value is -2.57. The van der Waals surface area contributed by atoms with Crippen molar-refractivity contribution in [3.63, 3.8) is 0 Å². The molecule has 2 N–H and O–H groups in total. The van der Waals surface area contributed by atoms with Gasteiger partial charge in [0.2, 0.25) is 0 Å². The summed E-state index contributed by atoms with van der Waals surface area (Å²) in [5.74, 6) is -1.11. The number of halogens is 2. The molecule has 0 saturated carbocycles. The van der Waals surface area contributed by atoms with E-state index in [1.807, 2.05) is 6.07 Å². The molecule has 3 rings (SSSR count). The number of aromatic amines is 1. The van der Waals surface area contributed by atoms with Crippen LogP contribution in [0.1, 0.15) is 16.1 Å². The number of ether oxygens (including phenoxy) is 1. The van der Waals surface area contributed by atoms with Gasteiger partial charge in [-0.3, -0.25) is 9.89 Å². The van der Waals surface area contributed by atoms with Gasteiger partial charge in [0.1, 0.15) is 0 Å². The number of rotatable bonds is 5. The SMILES string of the molecule is O=C(COC(=O)c1n[nH]c2ccccc12)NCc1ccc(Cl)cc1Cl. The van der Waals surface area contributed by atoms with Gasteiger partial charge in [0.15, 0.2) is 12.3 Å². The first kappa shape index (κ1) is 17.3. The summed E-state index contributed by atoms with van der Waals surface area (Å²) >= 11 is 11.8. The van der Waals surface area contributed by atoms with Crippen molar-refractivity contribution in [1.82, 2.24) is 15.5 Å². The number of esters is 1. The third-order valence-electron chi connectivity index (χ3n) is 3.49. The van der Waals surface area contributed by atoms with E-state index in [1.54, 1.807) is 36.4 Å². The van der Waals surface area contributed by atoms with Gasteiger partial charge >= 0.3 is 5.97 Å². The van der Waals surface area contributed by atoms with Gasteiger partial charge in [-0.25, -0.2) is 4.79 Å². The third-order valence-corrected chi connectivity index (χ3v) is 4.08. The molecule has 128 valence electrons. The quantitative estimate of drug-likeness (QED) is 0.667. The lowest BCUT2D eigenvalue weighted by Gasteiger charge is -2.07. The Balaban J connectivity index is 1.54. The molecule has 0 aliphatic rings. The van der Waals surface area contributed by atoms with Gasteiger partial charge in [0, 0.05) is 22.0 Å². The summed E-state index contributed by atoms with van der Waals surface area (Å²) in [4.78, 5) is 23.9. The number of carbonyl (C=O) groups excluding carboxylic acids is 2. The Kier molecular flexibility index (Phi) is 5.21. The molecule has 0 atom stereocenters. The van der Waals surface area contributed by atoms with Crippen LogP contribution in [-0.2, 0) is 16.1 Å². The smallest absolute Gasteiger partial charge is 0.359 e. The molecule has 0 spiro atoms. The molecule has 2 aromatic carbocycles. The number of hydrogen-bond acceptors (Lipinski definition) is 4. The van der Waals surface area contributed by atoms with Crippen molar-refractivity contribution < 1.29 is 14.3 Å². The van der Waals surface area contributed by atoms with Crippen LogP contribution in [0.4, 0.5) is 0 Å². The number of aromatic nitrogens is 2. The van der Waals surface area contributed by atoms with Crippen molar-refractivity contribution in [2.24, 2.45) is 0 Å². The van der Waals surface area contributed by atoms with E-state index in [1.165, 1.54) is 0 Å². The molecule has 0 unspecified atom stereocenters. The van der Waals surface area contributed by atoms with Crippen LogP contribution >= 0.6 is 23.2 Å². The summed E-state index contributed by atoms with van der Waals surface area (Å²) in [6, 6.07) is 12.1. The van der Waals surface area contributed by atoms with Crippen LogP contribution < -0.4 is 5.32 Å². The monoisotopic (exact) mass is 377 g/mol. The van der Waals surface area contributed by atoms with Gasteiger partial charge in [-0.1, -0.05) is 47.5 Å². The summed E-state index contributed by atoms with van der Waals surface area (Å²) in [5, 5.41) is 10.9. The molecule has 0 saturated heterocycles. The average Bonchev–Trinajstić information content (AvgIpc) is 3.03. The normalized spacial score (nSPS) is 10.6. The summed E-state index contributed by atoms with van der Waals surface area (Å²) in [5.41, 5.74) is 1.57. The van der Waals surface area contributed by atoms with Gasteiger partial charge in [0.25, 0.3) is 5.91 Å². The van der Waals surface area contributed by atoms with Crippen molar-refractivity contribution in [2.45, 2.75) is 6.54 Å². The number of hydrogen-bond donors (Lipinski definition) is 2. The highest BCUT2D eigenvalue weighted by Gasteiger charge is 2.16. The van der Waals surface area contributed by atoms with Crippen molar-refractivity contribution in [3.8, 4) is 0 Å². The molecule has 1 heterocycles. The lowest BCUT2D eigenvalue weighted by atomic mass is 10.2. The van der Waals surface area contributed by atoms with Crippen molar-refractivity contribution in [3.05, 3.63) is 63.8 Å². The second kappa shape index (κ2) is 7.55. The summed E-state index contributed by atoms with van der Waals surface area (Å²) in [6.07, 6.45) is 0. The highest BCUT2D eigenvalue weighted by Crippen LogP contribution is 2.20. The number of fused-ring (bicyclic) bond motifs is 1. The first-order valence-corrected chi connectivity index (χ1v) is 8.11. The van der Waals surface area contributed by atoms with E-state index in [0.29, 0.717) is 21.0 Å². The molecule has 1 amide bonds. The Morgan fingerprint density at radius 1 is 1.16 bits per heavy atom. The fourth-order valence-corrected chi connectivity index (χ4v) is 2.70. The topological polar surface area (TPSA) is 84.1 Å². The maximum Gasteiger partial charge on any atom is 0.359 e. The van der Waals surface area contributed by atoms with Gasteiger partial charge in [-0.15, -0.1) is 0 Å². The minimum Gasteiger partial charge on any atom is -0.451 e. The first-order chi connectivity index (χ1) is 12.0. The second-order valence-corrected chi connectivity index (χ2v) is 6.05. The highest BCUT2D eigenvalue weighted by atomic mass is 35.5. The maximum atomic E-state index is 12.1. The van der Waals surface area contributed by atoms with Crippen LogP contribution in [0.2, 0.25) is 10.0 Å². The van der Waals surface area contributed by atoms with Crippen LogP contribution in [0.15, 0.2) is 42.5 Å². The van der Waals surface area contributed by atoms with Crippen LogP contribution in [0, 0.1) is 0 Å². The Bertz CT molecular complexity index is 940. The second-order valence-electron chi connectivity index (χ2n) is 5.21. The lowest BCUT2D eigenvalue weighted by Crippen LogP contribution is -2.28. The zero-order valence-electron chi connectivity index (χ0n) is 12.9. The molecule has 0 aliphatic carbocycles. The van der Waals surface area contributed by atoms with E-state index < -0.39 is 18.5 Å². The van der Waals surface area contributed by atoms with E-state index in [-0.39, 0.29) is 12.2 Å². The van der Waals surface area contributed by atoms with E-state index in [2.05, 4.69) is 15.5 Å². The van der Waals surface area contributed by atoms with Crippen LogP contribution in [0.25, 0.3) is 10.9 Å². The average molecular weight is 378 g/mol. The van der Waals surface area contributed by atoms with Crippen molar-refractivity contribution in [2.75, 3.05) is 6.61 Å². The molecule has 0 aliphatic heterocycles. The van der Waals surface area contributed by atoms with Gasteiger partial charge < -0.3 is 10.1 Å². The molecular weight excluding hydrogens is 365 g/mol. The predicted molar refractivity (Wildman–Crippen MR) is 94.7 cm³/mol. The largest absolute Gasteiger partial charge is 0.451 e. The lowest BCUT2D eigenvalue weighted by molar-refractivity contribution is -0.124. The zero-order valence-corrected chi connectivity index (χ0v) is 14.4. The number of benzene rings is 2. The zero-order chi connectivity index (χ0) is 17.8. The molecule has 8 heteroatoms. The molecule has 0 bridgehead atoms. The summed E-state index contributed by atoms with van der Waals surface area (Å²) in [7, 11) is 0. The number of para-hydroxylation sites is 1. The molecule has 1 aromatic heterocycles. The van der Waals surface area contributed by atoms with Crippen molar-refractivity contribution >= 4 is 46.0 Å². The van der Waals surface area contributed by atoms with Crippen molar-refractivity contribution in [1.29, 1.82) is 0 Å². The van der Waals surface area contributed by atoms with Crippen LogP contribution in [0.5, 0.6) is 0 Å². The van der Waals surface area contributed by atoms with E-state index in [4.69, 9.17) is 27.9 Å². The van der Waals surface area contributed by atoms with Gasteiger partial charge in [0.05, 0.1) is 5.52 Å². The number of H-pyrrole nitrogens is 1. The number of amides is 1. The first-order valence-electron chi connectivity index (χ1n) is 7.35. The Labute approximate surface area is 153 Å². The number of nitrogens with one attached hydrogen (secondary N) is 2. The van der Waals surface area contributed by atoms with E-state index >= 15 is 0 Å². The molecule has 25 heavy (non-hydrogen) atoms. The molecule has 3 aromatic rings. The Morgan fingerprint density at radius 2 is 1.96 bits per heavy atom. The predicted octanol–water partition coefficient (Wildman–Crippen LogP) is 3.34. The molecule has 0 radical (unpaired) electrons. The maximum absolute atomic E-state index is 12.1. The molecule has 6 nitrogen and oxygen atoms in total. The third kappa shape index (κ3) is 4.10. The highest BCUT2D eigenvalue weighted by molar-refractivity contribution is 6.35. The molecular formula is C17H13Cl2N3O3. The van der Waals surface area contributed by atoms with Gasteiger partial charge in [-0.05, 0) is 23.8 Å². The van der Waals surface area contributed by atoms with E-state index in [9.17, 15) is 9.59 Å². The minimum absolute atomic E-state index is 0.143. The van der Waals surface area contributed by atoms with Gasteiger partial charge in [-0.2, -0.15) is 5.10 Å². The Morgan fingerprint density at radius 3 is 2.76 bits per heavy atom. The minimum atomic E-state index is -0.669. The number of carbonyl (C=O) groups is 2.